The van der Waals surface area contributed by atoms with Crippen LogP contribution in [0.4, 0.5) is 0 Å². The first-order chi connectivity index (χ1) is 12.6. The maximum atomic E-state index is 13.6. The molecule has 0 aliphatic heterocycles. The summed E-state index contributed by atoms with van der Waals surface area (Å²) in [5.74, 6) is -0.476. The summed E-state index contributed by atoms with van der Waals surface area (Å²) in [4.78, 5) is 26.2. The zero-order valence-corrected chi connectivity index (χ0v) is 16.6. The summed E-state index contributed by atoms with van der Waals surface area (Å²) in [6.45, 7) is 9.25. The number of ether oxygens (including phenoxy) is 1. The molecule has 0 saturated carbocycles. The van der Waals surface area contributed by atoms with Gasteiger partial charge < -0.3 is 4.74 Å². The summed E-state index contributed by atoms with van der Waals surface area (Å²) in [5.41, 5.74) is 1.59. The van der Waals surface area contributed by atoms with Crippen LogP contribution in [0.2, 0.25) is 0 Å². The van der Waals surface area contributed by atoms with Gasteiger partial charge in [-0.2, -0.15) is 5.10 Å². The first-order valence-electron chi connectivity index (χ1n) is 9.18. The monoisotopic (exact) mass is 366 g/mol. The molecule has 0 bridgehead atoms. The molecule has 1 heterocycles. The van der Waals surface area contributed by atoms with Crippen molar-refractivity contribution in [2.24, 2.45) is 0 Å². The van der Waals surface area contributed by atoms with E-state index >= 15 is 0 Å². The molecule has 1 aromatic carbocycles. The van der Waals surface area contributed by atoms with Crippen molar-refractivity contribution < 1.29 is 14.3 Å². The molecule has 0 unspecified atom stereocenters. The van der Waals surface area contributed by atoms with Crippen molar-refractivity contribution in [3.8, 4) is 0 Å². The van der Waals surface area contributed by atoms with Crippen LogP contribution in [0.15, 0.2) is 48.0 Å². The highest BCUT2D eigenvalue weighted by Gasteiger charge is 2.46. The van der Waals surface area contributed by atoms with Gasteiger partial charge in [0.2, 0.25) is 0 Å². The molecular formula is C22H26N2O3. The molecule has 0 saturated heterocycles. The molecule has 0 N–H and O–H groups in total. The van der Waals surface area contributed by atoms with Gasteiger partial charge in [0.1, 0.15) is 5.60 Å². The van der Waals surface area contributed by atoms with Crippen molar-refractivity contribution in [1.29, 1.82) is 0 Å². The maximum absolute atomic E-state index is 13.6. The van der Waals surface area contributed by atoms with E-state index in [-0.39, 0.29) is 11.9 Å². The van der Waals surface area contributed by atoms with E-state index in [1.807, 2.05) is 77.1 Å². The molecule has 0 amide bonds. The lowest BCUT2D eigenvalue weighted by Gasteiger charge is -2.29. The fourth-order valence-corrected chi connectivity index (χ4v) is 3.57. The van der Waals surface area contributed by atoms with E-state index in [2.05, 4.69) is 5.10 Å². The predicted octanol–water partition coefficient (Wildman–Crippen LogP) is 4.14. The first-order valence-corrected chi connectivity index (χ1v) is 9.18. The first kappa shape index (κ1) is 19.1. The number of aromatic nitrogens is 2. The Morgan fingerprint density at radius 1 is 1.15 bits per heavy atom. The summed E-state index contributed by atoms with van der Waals surface area (Å²) in [6, 6.07) is 11.5. The Hall–Kier alpha value is -2.69. The van der Waals surface area contributed by atoms with Crippen molar-refractivity contribution in [3.05, 3.63) is 65.0 Å². The summed E-state index contributed by atoms with van der Waals surface area (Å²) in [7, 11) is 0. The van der Waals surface area contributed by atoms with Gasteiger partial charge in [0.05, 0.1) is 11.1 Å². The largest absolute Gasteiger partial charge is 0.457 e. The highest BCUT2D eigenvalue weighted by atomic mass is 16.6. The molecule has 1 aromatic heterocycles. The molecular weight excluding hydrogens is 340 g/mol. The van der Waals surface area contributed by atoms with E-state index in [0.717, 1.165) is 17.0 Å². The third-order valence-electron chi connectivity index (χ3n) is 4.79. The number of esters is 1. The Morgan fingerprint density at radius 3 is 2.37 bits per heavy atom. The maximum Gasteiger partial charge on any atom is 0.334 e. The van der Waals surface area contributed by atoms with Crippen molar-refractivity contribution in [3.63, 3.8) is 0 Å². The van der Waals surface area contributed by atoms with Gasteiger partial charge in [0.25, 0.3) is 5.91 Å². The van der Waals surface area contributed by atoms with Gasteiger partial charge >= 0.3 is 5.97 Å². The lowest BCUT2D eigenvalue weighted by Crippen LogP contribution is -2.39. The van der Waals surface area contributed by atoms with Crippen LogP contribution in [0.5, 0.6) is 0 Å². The molecule has 0 spiro atoms. The van der Waals surface area contributed by atoms with Crippen LogP contribution < -0.4 is 0 Å². The van der Waals surface area contributed by atoms with Gasteiger partial charge in [-0.15, -0.1) is 0 Å². The number of carbonyl (C=O) groups excluding carboxylic acids is 2. The molecule has 27 heavy (non-hydrogen) atoms. The Bertz CT molecular complexity index is 903. The Kier molecular flexibility index (Phi) is 4.81. The van der Waals surface area contributed by atoms with E-state index in [9.17, 15) is 9.59 Å². The van der Waals surface area contributed by atoms with Crippen LogP contribution >= 0.6 is 0 Å². The average molecular weight is 366 g/mol. The van der Waals surface area contributed by atoms with Gasteiger partial charge in [-0.1, -0.05) is 36.4 Å². The van der Waals surface area contributed by atoms with Gasteiger partial charge in [-0.3, -0.25) is 4.79 Å². The van der Waals surface area contributed by atoms with Crippen LogP contribution in [0.1, 0.15) is 55.4 Å². The normalized spacial score (nSPS) is 19.7. The van der Waals surface area contributed by atoms with Gasteiger partial charge in [0, 0.05) is 11.3 Å². The number of allylic oxidation sites excluding steroid dienone is 1. The van der Waals surface area contributed by atoms with Crippen LogP contribution in [-0.2, 0) is 14.9 Å². The third-order valence-corrected chi connectivity index (χ3v) is 4.79. The molecule has 1 aliphatic rings. The molecule has 1 aliphatic carbocycles. The van der Waals surface area contributed by atoms with Crippen LogP contribution in [0.25, 0.3) is 0 Å². The molecule has 5 heteroatoms. The fourth-order valence-electron chi connectivity index (χ4n) is 3.57. The Balaban J connectivity index is 1.99. The number of nitrogens with zero attached hydrogens (tertiary/aromatic N) is 2. The summed E-state index contributed by atoms with van der Waals surface area (Å²) in [5, 5.41) is 4.38. The van der Waals surface area contributed by atoms with Crippen LogP contribution in [-0.4, -0.2) is 27.3 Å². The SMILES string of the molecule is Cc1cc(C)n(C(=O)[C@@]2(c3ccccc3)CC=C(C(=O)OC(C)(C)C)C2)n1. The molecule has 3 rings (SSSR count). The van der Waals surface area contributed by atoms with Gasteiger partial charge in [-0.25, -0.2) is 9.48 Å². The fraction of sp³-hybridized carbons (Fsp3) is 0.409. The van der Waals surface area contributed by atoms with Crippen molar-refractivity contribution >= 4 is 11.9 Å². The second kappa shape index (κ2) is 6.80. The van der Waals surface area contributed by atoms with Crippen molar-refractivity contribution in [2.45, 2.75) is 58.5 Å². The summed E-state index contributed by atoms with van der Waals surface area (Å²) in [6.07, 6.45) is 2.59. The zero-order valence-electron chi connectivity index (χ0n) is 16.6. The number of aryl methyl sites for hydroxylation is 2. The minimum Gasteiger partial charge on any atom is -0.457 e. The Labute approximate surface area is 160 Å². The van der Waals surface area contributed by atoms with E-state index in [1.54, 1.807) is 0 Å². The smallest absolute Gasteiger partial charge is 0.334 e. The lowest BCUT2D eigenvalue weighted by atomic mass is 9.76. The average Bonchev–Trinajstić information content (AvgIpc) is 3.18. The number of hydrogen-bond acceptors (Lipinski definition) is 4. The molecule has 1 atom stereocenters. The number of carbonyl (C=O) groups is 2. The Morgan fingerprint density at radius 2 is 1.81 bits per heavy atom. The highest BCUT2D eigenvalue weighted by molar-refractivity contribution is 5.97. The summed E-state index contributed by atoms with van der Waals surface area (Å²) < 4.78 is 6.99. The number of benzene rings is 1. The molecule has 2 aromatic rings. The minimum absolute atomic E-state index is 0.117. The minimum atomic E-state index is -0.850. The molecule has 142 valence electrons. The van der Waals surface area contributed by atoms with E-state index in [1.165, 1.54) is 4.68 Å². The van der Waals surface area contributed by atoms with E-state index in [0.29, 0.717) is 18.4 Å². The quantitative estimate of drug-likeness (QED) is 0.766. The van der Waals surface area contributed by atoms with E-state index in [4.69, 9.17) is 4.74 Å². The van der Waals surface area contributed by atoms with E-state index < -0.39 is 11.0 Å². The standard InChI is InChI=1S/C22H26N2O3/c1-15-13-16(2)24(23-15)20(26)22(18-9-7-6-8-10-18)12-11-17(14-22)19(25)27-21(3,4)5/h6-11,13H,12,14H2,1-5H3/t22-/m0/s1. The van der Waals surface area contributed by atoms with Crippen LogP contribution in [0.3, 0.4) is 0 Å². The molecule has 0 fully saturated rings. The van der Waals surface area contributed by atoms with Crippen molar-refractivity contribution in [2.75, 3.05) is 0 Å². The highest BCUT2D eigenvalue weighted by Crippen LogP contribution is 2.42. The third kappa shape index (κ3) is 3.72. The molecule has 5 nitrogen and oxygen atoms in total. The molecule has 0 radical (unpaired) electrons. The van der Waals surface area contributed by atoms with Crippen LogP contribution in [0, 0.1) is 13.8 Å². The second-order valence-electron chi connectivity index (χ2n) is 8.20. The topological polar surface area (TPSA) is 61.2 Å². The zero-order chi connectivity index (χ0) is 19.8. The summed E-state index contributed by atoms with van der Waals surface area (Å²) >= 11 is 0. The number of rotatable bonds is 3. The predicted molar refractivity (Wildman–Crippen MR) is 104 cm³/mol. The second-order valence-corrected chi connectivity index (χ2v) is 8.20. The van der Waals surface area contributed by atoms with Crippen molar-refractivity contribution in [1.82, 2.24) is 9.78 Å². The lowest BCUT2D eigenvalue weighted by molar-refractivity contribution is -0.150. The van der Waals surface area contributed by atoms with Gasteiger partial charge in [0.15, 0.2) is 0 Å². The number of hydrogen-bond donors (Lipinski definition) is 0. The van der Waals surface area contributed by atoms with Gasteiger partial charge in [-0.05, 0) is 59.1 Å².